The second kappa shape index (κ2) is 13.8. The molecule has 0 bridgehead atoms. The Morgan fingerprint density at radius 1 is 0.283 bits per heavy atom. The predicted molar refractivity (Wildman–Crippen MR) is 248 cm³/mol. The fourth-order valence-corrected chi connectivity index (χ4v) is 9.06. The van der Waals surface area contributed by atoms with Crippen LogP contribution in [-0.4, -0.2) is 24.1 Å². The highest BCUT2D eigenvalue weighted by molar-refractivity contribution is 6.11. The second-order valence-electron chi connectivity index (χ2n) is 15.2. The standard InChI is InChI=1S/C55H35N5/c1-2-16-36(17-3-1)38-32-33-52-47(35-38)45-25-8-12-30-50(45)60(52)55-57-53(40-21-14-20-39(34-40)42-27-15-19-37-18-4-5-22-41(37)42)56-54(58-55)46-26-9-13-31-51(46)59-48-28-10-6-23-43(48)44-24-7-11-29-49(44)59/h1-35H. The summed E-state index contributed by atoms with van der Waals surface area (Å²) in [4.78, 5) is 16.2. The normalized spacial score (nSPS) is 11.7. The zero-order valence-electron chi connectivity index (χ0n) is 32.4. The third-order valence-electron chi connectivity index (χ3n) is 11.8. The average Bonchev–Trinajstić information content (AvgIpc) is 3.84. The van der Waals surface area contributed by atoms with E-state index in [1.165, 1.54) is 27.1 Å². The molecule has 12 rings (SSSR count). The molecule has 0 aliphatic heterocycles. The van der Waals surface area contributed by atoms with Crippen molar-refractivity contribution < 1.29 is 0 Å². The molecule has 5 heteroatoms. The number of fused-ring (bicyclic) bond motifs is 7. The minimum absolute atomic E-state index is 0.557. The molecule has 60 heavy (non-hydrogen) atoms. The minimum atomic E-state index is 0.557. The van der Waals surface area contributed by atoms with Crippen LogP contribution in [0, 0.1) is 0 Å². The molecule has 12 aromatic rings. The first kappa shape index (κ1) is 33.9. The molecule has 0 fully saturated rings. The molecule has 5 nitrogen and oxygen atoms in total. The van der Waals surface area contributed by atoms with Gasteiger partial charge in [-0.3, -0.25) is 4.57 Å². The van der Waals surface area contributed by atoms with Gasteiger partial charge in [0.25, 0.3) is 0 Å². The summed E-state index contributed by atoms with van der Waals surface area (Å²) >= 11 is 0. The quantitative estimate of drug-likeness (QED) is 0.169. The van der Waals surface area contributed by atoms with Crippen LogP contribution >= 0.6 is 0 Å². The third kappa shape index (κ3) is 5.44. The van der Waals surface area contributed by atoms with Gasteiger partial charge in [-0.05, 0) is 81.6 Å². The topological polar surface area (TPSA) is 48.5 Å². The average molecular weight is 766 g/mol. The first-order valence-electron chi connectivity index (χ1n) is 20.3. The summed E-state index contributed by atoms with van der Waals surface area (Å²) in [7, 11) is 0. The number of nitrogens with zero attached hydrogens (tertiary/aromatic N) is 5. The Kier molecular flexibility index (Phi) is 7.78. The monoisotopic (exact) mass is 765 g/mol. The highest BCUT2D eigenvalue weighted by Gasteiger charge is 2.22. The van der Waals surface area contributed by atoms with E-state index in [9.17, 15) is 0 Å². The van der Waals surface area contributed by atoms with Crippen molar-refractivity contribution in [2.45, 2.75) is 0 Å². The molecule has 0 aliphatic rings. The van der Waals surface area contributed by atoms with E-state index >= 15 is 0 Å². The van der Waals surface area contributed by atoms with Gasteiger partial charge in [-0.15, -0.1) is 0 Å². The fourth-order valence-electron chi connectivity index (χ4n) is 9.06. The van der Waals surface area contributed by atoms with Crippen molar-refractivity contribution in [2.24, 2.45) is 0 Å². The van der Waals surface area contributed by atoms with Crippen LogP contribution in [-0.2, 0) is 0 Å². The van der Waals surface area contributed by atoms with E-state index in [2.05, 4.69) is 221 Å². The number of aromatic nitrogens is 5. The summed E-state index contributed by atoms with van der Waals surface area (Å²) in [6.45, 7) is 0. The maximum absolute atomic E-state index is 5.43. The molecule has 0 saturated heterocycles. The molecule has 0 atom stereocenters. The fraction of sp³-hybridized carbons (Fsp3) is 0. The van der Waals surface area contributed by atoms with E-state index in [1.807, 2.05) is 0 Å². The predicted octanol–water partition coefficient (Wildman–Crippen LogP) is 13.9. The molecule has 3 heterocycles. The Labute approximate surface area is 346 Å². The van der Waals surface area contributed by atoms with Crippen LogP contribution in [0.4, 0.5) is 0 Å². The number of rotatable bonds is 6. The molecule has 0 aliphatic carbocycles. The Balaban J connectivity index is 1.13. The van der Waals surface area contributed by atoms with Crippen LogP contribution in [0.1, 0.15) is 0 Å². The van der Waals surface area contributed by atoms with E-state index in [-0.39, 0.29) is 0 Å². The van der Waals surface area contributed by atoms with Crippen LogP contribution in [0.3, 0.4) is 0 Å². The largest absolute Gasteiger partial charge is 0.309 e. The molecule has 0 unspecified atom stereocenters. The number of benzene rings is 9. The van der Waals surface area contributed by atoms with Crippen LogP contribution in [0.5, 0.6) is 0 Å². The molecule has 0 saturated carbocycles. The van der Waals surface area contributed by atoms with E-state index in [1.54, 1.807) is 0 Å². The van der Waals surface area contributed by atoms with Crippen molar-refractivity contribution in [2.75, 3.05) is 0 Å². The lowest BCUT2D eigenvalue weighted by atomic mass is 9.97. The number of hydrogen-bond acceptors (Lipinski definition) is 3. The molecule has 9 aromatic carbocycles. The van der Waals surface area contributed by atoms with Crippen LogP contribution < -0.4 is 0 Å². The van der Waals surface area contributed by atoms with Gasteiger partial charge in [0, 0.05) is 32.7 Å². The Hall–Kier alpha value is -8.15. The van der Waals surface area contributed by atoms with Crippen molar-refractivity contribution in [3.05, 3.63) is 212 Å². The van der Waals surface area contributed by atoms with Crippen molar-refractivity contribution >= 4 is 54.4 Å². The smallest absolute Gasteiger partial charge is 0.238 e. The number of para-hydroxylation sites is 4. The van der Waals surface area contributed by atoms with E-state index in [0.29, 0.717) is 17.6 Å². The van der Waals surface area contributed by atoms with E-state index in [4.69, 9.17) is 15.0 Å². The van der Waals surface area contributed by atoms with Gasteiger partial charge in [0.1, 0.15) is 0 Å². The van der Waals surface area contributed by atoms with Crippen molar-refractivity contribution in [3.8, 4) is 56.7 Å². The molecule has 0 spiro atoms. The number of hydrogen-bond donors (Lipinski definition) is 0. The van der Waals surface area contributed by atoms with Crippen LogP contribution in [0.25, 0.3) is 111 Å². The Morgan fingerprint density at radius 2 is 0.817 bits per heavy atom. The third-order valence-corrected chi connectivity index (χ3v) is 11.8. The SMILES string of the molecule is c1ccc(-c2ccc3c(c2)c2ccccc2n3-c2nc(-c3cccc(-c4cccc5ccccc45)c3)nc(-c3ccccc3-n3c4ccccc4c4ccccc43)n2)cc1. The first-order chi connectivity index (χ1) is 29.8. The highest BCUT2D eigenvalue weighted by atomic mass is 15.2. The van der Waals surface area contributed by atoms with Crippen molar-refractivity contribution in [1.82, 2.24) is 24.1 Å². The van der Waals surface area contributed by atoms with Crippen molar-refractivity contribution in [1.29, 1.82) is 0 Å². The molecule has 3 aromatic heterocycles. The molecular formula is C55H35N5. The highest BCUT2D eigenvalue weighted by Crippen LogP contribution is 2.39. The summed E-state index contributed by atoms with van der Waals surface area (Å²) in [6.07, 6.45) is 0. The van der Waals surface area contributed by atoms with E-state index in [0.717, 1.165) is 66.3 Å². The van der Waals surface area contributed by atoms with Gasteiger partial charge in [-0.25, -0.2) is 4.98 Å². The van der Waals surface area contributed by atoms with Gasteiger partial charge < -0.3 is 4.57 Å². The Morgan fingerprint density at radius 3 is 1.60 bits per heavy atom. The summed E-state index contributed by atoms with van der Waals surface area (Å²) in [5.41, 5.74) is 11.7. The zero-order valence-corrected chi connectivity index (χ0v) is 32.4. The second-order valence-corrected chi connectivity index (χ2v) is 15.2. The van der Waals surface area contributed by atoms with Gasteiger partial charge in [0.15, 0.2) is 11.6 Å². The van der Waals surface area contributed by atoms with Crippen LogP contribution in [0.15, 0.2) is 212 Å². The van der Waals surface area contributed by atoms with Gasteiger partial charge in [-0.2, -0.15) is 9.97 Å². The van der Waals surface area contributed by atoms with Crippen LogP contribution in [0.2, 0.25) is 0 Å². The summed E-state index contributed by atoms with van der Waals surface area (Å²) < 4.78 is 4.54. The molecule has 0 N–H and O–H groups in total. The first-order valence-corrected chi connectivity index (χ1v) is 20.3. The van der Waals surface area contributed by atoms with Crippen molar-refractivity contribution in [3.63, 3.8) is 0 Å². The lowest BCUT2D eigenvalue weighted by molar-refractivity contribution is 0.952. The summed E-state index contributed by atoms with van der Waals surface area (Å²) in [5, 5.41) is 7.08. The van der Waals surface area contributed by atoms with E-state index < -0.39 is 0 Å². The summed E-state index contributed by atoms with van der Waals surface area (Å²) in [6, 6.07) is 75.1. The van der Waals surface area contributed by atoms with Gasteiger partial charge >= 0.3 is 0 Å². The van der Waals surface area contributed by atoms with Gasteiger partial charge in [-0.1, -0.05) is 164 Å². The van der Waals surface area contributed by atoms with Gasteiger partial charge in [0.2, 0.25) is 5.95 Å². The zero-order chi connectivity index (χ0) is 39.6. The van der Waals surface area contributed by atoms with Gasteiger partial charge in [0.05, 0.1) is 27.8 Å². The molecule has 280 valence electrons. The lowest BCUT2D eigenvalue weighted by Crippen LogP contribution is -2.08. The molecule has 0 amide bonds. The molecule has 0 radical (unpaired) electrons. The molecular weight excluding hydrogens is 731 g/mol. The maximum Gasteiger partial charge on any atom is 0.238 e. The minimum Gasteiger partial charge on any atom is -0.309 e. The maximum atomic E-state index is 5.43. The summed E-state index contributed by atoms with van der Waals surface area (Å²) in [5.74, 6) is 1.75. The Bertz CT molecular complexity index is 3560. The lowest BCUT2D eigenvalue weighted by Gasteiger charge is -2.15.